The van der Waals surface area contributed by atoms with Gasteiger partial charge in [-0.2, -0.15) is 5.10 Å². The van der Waals surface area contributed by atoms with Crippen LogP contribution in [0.1, 0.15) is 20.3 Å². The fourth-order valence-corrected chi connectivity index (χ4v) is 1.01. The van der Waals surface area contributed by atoms with Gasteiger partial charge in [-0.25, -0.2) is 0 Å². The highest BCUT2D eigenvalue weighted by atomic mass is 16.5. The fraction of sp³-hybridized carbons (Fsp3) is 0.556. The van der Waals surface area contributed by atoms with Gasteiger partial charge in [0.1, 0.15) is 0 Å². The fourth-order valence-electron chi connectivity index (χ4n) is 1.01. The van der Waals surface area contributed by atoms with Crippen LogP contribution in [-0.2, 0) is 11.3 Å². The number of carboxylic acids is 1. The van der Waals surface area contributed by atoms with Crippen molar-refractivity contribution in [3.63, 3.8) is 0 Å². The Morgan fingerprint density at radius 3 is 3.00 bits per heavy atom. The van der Waals surface area contributed by atoms with E-state index in [2.05, 4.69) is 5.10 Å². The first-order chi connectivity index (χ1) is 6.58. The molecule has 0 aliphatic heterocycles. The van der Waals surface area contributed by atoms with Crippen LogP contribution in [0.25, 0.3) is 0 Å². The smallest absolute Gasteiger partial charge is 0.305 e. The minimum Gasteiger partial charge on any atom is -0.488 e. The first kappa shape index (κ1) is 10.6. The van der Waals surface area contributed by atoms with E-state index < -0.39 is 5.97 Å². The van der Waals surface area contributed by atoms with Crippen LogP contribution in [0.2, 0.25) is 0 Å². The Labute approximate surface area is 82.3 Å². The van der Waals surface area contributed by atoms with E-state index in [0.29, 0.717) is 12.3 Å². The number of hydrogen-bond donors (Lipinski definition) is 1. The predicted molar refractivity (Wildman–Crippen MR) is 50.2 cm³/mol. The molecule has 0 aromatic carbocycles. The molecule has 14 heavy (non-hydrogen) atoms. The monoisotopic (exact) mass is 198 g/mol. The van der Waals surface area contributed by atoms with Crippen molar-refractivity contribution in [3.05, 3.63) is 12.4 Å². The van der Waals surface area contributed by atoms with Crippen LogP contribution in [0.15, 0.2) is 12.4 Å². The van der Waals surface area contributed by atoms with Crippen molar-refractivity contribution in [2.45, 2.75) is 32.9 Å². The number of hydrogen-bond acceptors (Lipinski definition) is 3. The lowest BCUT2D eigenvalue weighted by Gasteiger charge is -2.05. The summed E-state index contributed by atoms with van der Waals surface area (Å²) in [6.45, 7) is 4.22. The van der Waals surface area contributed by atoms with Crippen molar-refractivity contribution in [3.8, 4) is 5.75 Å². The van der Waals surface area contributed by atoms with E-state index in [-0.39, 0.29) is 12.5 Å². The maximum Gasteiger partial charge on any atom is 0.305 e. The number of aryl methyl sites for hydroxylation is 1. The van der Waals surface area contributed by atoms with Crippen molar-refractivity contribution in [1.29, 1.82) is 0 Å². The Hall–Kier alpha value is -1.52. The quantitative estimate of drug-likeness (QED) is 0.770. The highest BCUT2D eigenvalue weighted by molar-refractivity contribution is 5.66. The number of aromatic nitrogens is 2. The van der Waals surface area contributed by atoms with Gasteiger partial charge in [0.2, 0.25) is 0 Å². The van der Waals surface area contributed by atoms with E-state index >= 15 is 0 Å². The van der Waals surface area contributed by atoms with Crippen molar-refractivity contribution in [2.75, 3.05) is 0 Å². The minimum atomic E-state index is -0.827. The maximum absolute atomic E-state index is 10.3. The van der Waals surface area contributed by atoms with E-state index in [0.717, 1.165) is 0 Å². The average Bonchev–Trinajstić information content (AvgIpc) is 2.47. The summed E-state index contributed by atoms with van der Waals surface area (Å²) < 4.78 is 6.93. The van der Waals surface area contributed by atoms with Crippen LogP contribution >= 0.6 is 0 Å². The van der Waals surface area contributed by atoms with Gasteiger partial charge < -0.3 is 9.84 Å². The molecule has 0 atom stereocenters. The molecule has 78 valence electrons. The van der Waals surface area contributed by atoms with Gasteiger partial charge in [-0.05, 0) is 13.8 Å². The Bertz CT molecular complexity index is 307. The second-order valence-electron chi connectivity index (χ2n) is 3.25. The minimum absolute atomic E-state index is 0.0722. The molecule has 0 radical (unpaired) electrons. The Morgan fingerprint density at radius 2 is 2.43 bits per heavy atom. The molecule has 0 aliphatic carbocycles. The van der Waals surface area contributed by atoms with Crippen molar-refractivity contribution in [2.24, 2.45) is 0 Å². The van der Waals surface area contributed by atoms with Crippen molar-refractivity contribution >= 4 is 5.97 Å². The van der Waals surface area contributed by atoms with Gasteiger partial charge in [0.05, 0.1) is 31.5 Å². The molecular formula is C9H14N2O3. The molecule has 5 nitrogen and oxygen atoms in total. The zero-order valence-corrected chi connectivity index (χ0v) is 8.30. The Balaban J connectivity index is 2.46. The van der Waals surface area contributed by atoms with Gasteiger partial charge >= 0.3 is 5.97 Å². The predicted octanol–water partition coefficient (Wildman–Crippen LogP) is 1.15. The molecule has 0 amide bonds. The lowest BCUT2D eigenvalue weighted by molar-refractivity contribution is -0.137. The SMILES string of the molecule is CC(C)Oc1cnn(CCC(=O)O)c1. The second kappa shape index (κ2) is 4.64. The number of carboxylic acid groups (broad SMARTS) is 1. The largest absolute Gasteiger partial charge is 0.488 e. The number of nitrogens with zero attached hydrogens (tertiary/aromatic N) is 2. The molecule has 0 saturated heterocycles. The molecule has 1 rings (SSSR count). The number of ether oxygens (including phenoxy) is 1. The summed E-state index contributed by atoms with van der Waals surface area (Å²) in [5.41, 5.74) is 0. The molecule has 1 aromatic heterocycles. The zero-order chi connectivity index (χ0) is 10.6. The summed E-state index contributed by atoms with van der Waals surface area (Å²) >= 11 is 0. The molecule has 1 heterocycles. The molecule has 0 saturated carbocycles. The maximum atomic E-state index is 10.3. The average molecular weight is 198 g/mol. The van der Waals surface area contributed by atoms with Gasteiger partial charge in [0.25, 0.3) is 0 Å². The standard InChI is InChI=1S/C9H14N2O3/c1-7(2)14-8-5-10-11(6-8)4-3-9(12)13/h5-7H,3-4H2,1-2H3,(H,12,13). The first-order valence-electron chi connectivity index (χ1n) is 4.49. The van der Waals surface area contributed by atoms with Gasteiger partial charge in [-0.3, -0.25) is 9.48 Å². The van der Waals surface area contributed by atoms with Gasteiger partial charge in [-0.1, -0.05) is 0 Å². The molecule has 1 N–H and O–H groups in total. The molecule has 5 heteroatoms. The van der Waals surface area contributed by atoms with Crippen LogP contribution in [0.3, 0.4) is 0 Å². The van der Waals surface area contributed by atoms with Crippen LogP contribution in [0.5, 0.6) is 5.75 Å². The highest BCUT2D eigenvalue weighted by Gasteiger charge is 2.03. The van der Waals surface area contributed by atoms with Crippen molar-refractivity contribution in [1.82, 2.24) is 9.78 Å². The summed E-state index contributed by atoms with van der Waals surface area (Å²) in [4.78, 5) is 10.3. The summed E-state index contributed by atoms with van der Waals surface area (Å²) in [7, 11) is 0. The van der Waals surface area contributed by atoms with E-state index in [1.54, 1.807) is 17.1 Å². The molecule has 0 aliphatic rings. The summed E-state index contributed by atoms with van der Waals surface area (Å²) in [6.07, 6.45) is 3.46. The van der Waals surface area contributed by atoms with Gasteiger partial charge in [-0.15, -0.1) is 0 Å². The molecular weight excluding hydrogens is 184 g/mol. The van der Waals surface area contributed by atoms with Crippen LogP contribution in [0, 0.1) is 0 Å². The van der Waals surface area contributed by atoms with Crippen LogP contribution in [-0.4, -0.2) is 27.0 Å². The molecule has 0 bridgehead atoms. The summed E-state index contributed by atoms with van der Waals surface area (Å²) in [6, 6.07) is 0. The third-order valence-corrected chi connectivity index (χ3v) is 1.54. The lowest BCUT2D eigenvalue weighted by atomic mass is 10.4. The third kappa shape index (κ3) is 3.47. The van der Waals surface area contributed by atoms with E-state index in [1.807, 2.05) is 13.8 Å². The summed E-state index contributed by atoms with van der Waals surface area (Å²) in [5.74, 6) is -0.155. The molecule has 0 unspecified atom stereocenters. The van der Waals surface area contributed by atoms with Crippen LogP contribution in [0.4, 0.5) is 0 Å². The molecule has 0 spiro atoms. The normalized spacial score (nSPS) is 10.5. The highest BCUT2D eigenvalue weighted by Crippen LogP contribution is 2.10. The topological polar surface area (TPSA) is 64.4 Å². The van der Waals surface area contributed by atoms with Gasteiger partial charge in [0.15, 0.2) is 5.75 Å². The summed E-state index contributed by atoms with van der Waals surface area (Å²) in [5, 5.41) is 12.4. The van der Waals surface area contributed by atoms with E-state index in [9.17, 15) is 4.79 Å². The number of carbonyl (C=O) groups is 1. The van der Waals surface area contributed by atoms with Crippen molar-refractivity contribution < 1.29 is 14.6 Å². The van der Waals surface area contributed by atoms with Crippen LogP contribution < -0.4 is 4.74 Å². The first-order valence-corrected chi connectivity index (χ1v) is 4.49. The Kier molecular flexibility index (Phi) is 3.50. The van der Waals surface area contributed by atoms with E-state index in [4.69, 9.17) is 9.84 Å². The third-order valence-electron chi connectivity index (χ3n) is 1.54. The Morgan fingerprint density at radius 1 is 1.71 bits per heavy atom. The number of aliphatic carboxylic acids is 1. The van der Waals surface area contributed by atoms with Gasteiger partial charge in [0, 0.05) is 0 Å². The zero-order valence-electron chi connectivity index (χ0n) is 8.30. The molecule has 1 aromatic rings. The molecule has 0 fully saturated rings. The van der Waals surface area contributed by atoms with E-state index in [1.165, 1.54) is 0 Å². The number of rotatable bonds is 5. The second-order valence-corrected chi connectivity index (χ2v) is 3.25. The lowest BCUT2D eigenvalue weighted by Crippen LogP contribution is -2.06.